The summed E-state index contributed by atoms with van der Waals surface area (Å²) < 4.78 is 3.11. The van der Waals surface area contributed by atoms with Crippen LogP contribution in [0.2, 0.25) is 0 Å². The van der Waals surface area contributed by atoms with Crippen molar-refractivity contribution in [2.45, 2.75) is 25.8 Å². The fourth-order valence-electron chi connectivity index (χ4n) is 2.03. The summed E-state index contributed by atoms with van der Waals surface area (Å²) in [6.07, 6.45) is 3.51. The van der Waals surface area contributed by atoms with Gasteiger partial charge < -0.3 is 0 Å². The molecule has 2 heterocycles. The van der Waals surface area contributed by atoms with Crippen LogP contribution in [0, 0.1) is 0 Å². The molecule has 3 nitrogen and oxygen atoms in total. The van der Waals surface area contributed by atoms with E-state index in [1.54, 1.807) is 0 Å². The first kappa shape index (κ1) is 10.0. The van der Waals surface area contributed by atoms with Gasteiger partial charge in [-0.05, 0) is 25.0 Å². The van der Waals surface area contributed by atoms with E-state index in [1.807, 2.05) is 22.9 Å². The zero-order chi connectivity index (χ0) is 11.0. The molecule has 82 valence electrons. The molecule has 0 amide bonds. The lowest BCUT2D eigenvalue weighted by Crippen LogP contribution is -2.11. The lowest BCUT2D eigenvalue weighted by atomic mass is 10.2. The molecule has 0 fully saturated rings. The predicted molar refractivity (Wildman–Crippen MR) is 66.1 cm³/mol. The van der Waals surface area contributed by atoms with Crippen molar-refractivity contribution in [2.75, 3.05) is 0 Å². The maximum Gasteiger partial charge on any atom is 0.181 e. The van der Waals surface area contributed by atoms with Gasteiger partial charge in [-0.3, -0.25) is 0 Å². The van der Waals surface area contributed by atoms with E-state index in [4.69, 9.17) is 0 Å². The largest absolute Gasteiger partial charge is 0.249 e. The van der Waals surface area contributed by atoms with Crippen molar-refractivity contribution in [1.29, 1.82) is 0 Å². The van der Waals surface area contributed by atoms with Crippen molar-refractivity contribution in [3.8, 4) is 11.4 Å². The SMILES string of the molecule is Brc1cccc(-c2nc3n(n2)CCCC3)c1. The van der Waals surface area contributed by atoms with Crippen LogP contribution < -0.4 is 0 Å². The molecule has 1 aromatic heterocycles. The Hall–Kier alpha value is -1.16. The van der Waals surface area contributed by atoms with Crippen LogP contribution in [-0.2, 0) is 13.0 Å². The average Bonchev–Trinajstić information content (AvgIpc) is 2.72. The molecule has 1 aromatic carbocycles. The molecule has 0 bridgehead atoms. The van der Waals surface area contributed by atoms with Gasteiger partial charge in [-0.25, -0.2) is 9.67 Å². The van der Waals surface area contributed by atoms with Crippen LogP contribution in [0.1, 0.15) is 18.7 Å². The number of hydrogen-bond acceptors (Lipinski definition) is 2. The Balaban J connectivity index is 2.03. The molecule has 0 atom stereocenters. The standard InChI is InChI=1S/C12H12BrN3/c13-10-5-3-4-9(8-10)12-14-11-6-1-2-7-16(11)15-12/h3-5,8H,1-2,6-7H2. The Morgan fingerprint density at radius 1 is 1.25 bits per heavy atom. The number of benzene rings is 1. The summed E-state index contributed by atoms with van der Waals surface area (Å²) in [6, 6.07) is 8.13. The molecule has 1 aliphatic rings. The Morgan fingerprint density at radius 2 is 2.19 bits per heavy atom. The van der Waals surface area contributed by atoms with Gasteiger partial charge in [0, 0.05) is 23.0 Å². The van der Waals surface area contributed by atoms with Crippen LogP contribution in [0.25, 0.3) is 11.4 Å². The minimum absolute atomic E-state index is 0.846. The molecule has 16 heavy (non-hydrogen) atoms. The molecule has 3 rings (SSSR count). The summed E-state index contributed by atoms with van der Waals surface area (Å²) in [5.74, 6) is 1.97. The first-order valence-corrected chi connectivity index (χ1v) is 6.32. The summed E-state index contributed by atoms with van der Waals surface area (Å²) in [4.78, 5) is 4.59. The Bertz CT molecular complexity index is 495. The second-order valence-corrected chi connectivity index (χ2v) is 4.96. The zero-order valence-corrected chi connectivity index (χ0v) is 10.4. The fourth-order valence-corrected chi connectivity index (χ4v) is 2.43. The molecule has 0 saturated carbocycles. The Labute approximate surface area is 103 Å². The summed E-state index contributed by atoms with van der Waals surface area (Å²) in [5, 5.41) is 4.55. The zero-order valence-electron chi connectivity index (χ0n) is 8.86. The molecule has 4 heteroatoms. The molecule has 0 N–H and O–H groups in total. The van der Waals surface area contributed by atoms with Gasteiger partial charge in [-0.15, -0.1) is 0 Å². The third kappa shape index (κ3) is 1.78. The van der Waals surface area contributed by atoms with Gasteiger partial charge in [0.25, 0.3) is 0 Å². The molecule has 0 aliphatic carbocycles. The summed E-state index contributed by atoms with van der Waals surface area (Å²) in [7, 11) is 0. The van der Waals surface area contributed by atoms with E-state index in [1.165, 1.54) is 12.8 Å². The molecule has 0 saturated heterocycles. The Kier molecular flexibility index (Phi) is 2.52. The van der Waals surface area contributed by atoms with E-state index in [-0.39, 0.29) is 0 Å². The molecular formula is C12H12BrN3. The average molecular weight is 278 g/mol. The smallest absolute Gasteiger partial charge is 0.181 e. The van der Waals surface area contributed by atoms with Gasteiger partial charge >= 0.3 is 0 Å². The highest BCUT2D eigenvalue weighted by atomic mass is 79.9. The van der Waals surface area contributed by atoms with Crippen molar-refractivity contribution < 1.29 is 0 Å². The quantitative estimate of drug-likeness (QED) is 0.802. The van der Waals surface area contributed by atoms with Crippen molar-refractivity contribution in [2.24, 2.45) is 0 Å². The van der Waals surface area contributed by atoms with Gasteiger partial charge in [-0.2, -0.15) is 5.10 Å². The van der Waals surface area contributed by atoms with Crippen LogP contribution >= 0.6 is 15.9 Å². The van der Waals surface area contributed by atoms with Gasteiger partial charge in [0.15, 0.2) is 5.82 Å². The number of fused-ring (bicyclic) bond motifs is 1. The van der Waals surface area contributed by atoms with E-state index in [0.717, 1.165) is 34.7 Å². The number of rotatable bonds is 1. The third-order valence-corrected chi connectivity index (χ3v) is 3.34. The minimum atomic E-state index is 0.846. The van der Waals surface area contributed by atoms with Crippen LogP contribution in [0.5, 0.6) is 0 Å². The highest BCUT2D eigenvalue weighted by Gasteiger charge is 2.14. The highest BCUT2D eigenvalue weighted by molar-refractivity contribution is 9.10. The first-order chi connectivity index (χ1) is 7.83. The molecular weight excluding hydrogens is 266 g/mol. The lowest BCUT2D eigenvalue weighted by molar-refractivity contribution is 0.480. The van der Waals surface area contributed by atoms with Crippen molar-refractivity contribution in [1.82, 2.24) is 14.8 Å². The molecule has 0 spiro atoms. The van der Waals surface area contributed by atoms with Crippen molar-refractivity contribution in [3.05, 3.63) is 34.6 Å². The van der Waals surface area contributed by atoms with E-state index in [9.17, 15) is 0 Å². The normalized spacial score (nSPS) is 14.8. The van der Waals surface area contributed by atoms with E-state index >= 15 is 0 Å². The summed E-state index contributed by atoms with van der Waals surface area (Å²) >= 11 is 3.47. The minimum Gasteiger partial charge on any atom is -0.249 e. The van der Waals surface area contributed by atoms with Crippen LogP contribution in [0.15, 0.2) is 28.7 Å². The predicted octanol–water partition coefficient (Wildman–Crippen LogP) is 3.04. The molecule has 2 aromatic rings. The number of nitrogens with zero attached hydrogens (tertiary/aromatic N) is 3. The van der Waals surface area contributed by atoms with Gasteiger partial charge in [-0.1, -0.05) is 28.1 Å². The van der Waals surface area contributed by atoms with Crippen LogP contribution in [0.3, 0.4) is 0 Å². The lowest BCUT2D eigenvalue weighted by Gasteiger charge is -2.09. The van der Waals surface area contributed by atoms with E-state index in [0.29, 0.717) is 0 Å². The summed E-state index contributed by atoms with van der Waals surface area (Å²) in [5.41, 5.74) is 1.08. The number of aryl methyl sites for hydroxylation is 2. The maximum absolute atomic E-state index is 4.59. The first-order valence-electron chi connectivity index (χ1n) is 5.52. The molecule has 1 aliphatic heterocycles. The number of halogens is 1. The summed E-state index contributed by atoms with van der Waals surface area (Å²) in [6.45, 7) is 1.01. The van der Waals surface area contributed by atoms with E-state index < -0.39 is 0 Å². The Morgan fingerprint density at radius 3 is 3.00 bits per heavy atom. The monoisotopic (exact) mass is 277 g/mol. The molecule has 0 unspecified atom stereocenters. The van der Waals surface area contributed by atoms with Gasteiger partial charge in [0.05, 0.1) is 0 Å². The maximum atomic E-state index is 4.59. The third-order valence-electron chi connectivity index (χ3n) is 2.85. The topological polar surface area (TPSA) is 30.7 Å². The highest BCUT2D eigenvalue weighted by Crippen LogP contribution is 2.22. The van der Waals surface area contributed by atoms with Gasteiger partial charge in [0.2, 0.25) is 0 Å². The van der Waals surface area contributed by atoms with E-state index in [2.05, 4.69) is 32.1 Å². The van der Waals surface area contributed by atoms with Crippen LogP contribution in [0.4, 0.5) is 0 Å². The molecule has 0 radical (unpaired) electrons. The van der Waals surface area contributed by atoms with Gasteiger partial charge in [0.1, 0.15) is 5.82 Å². The van der Waals surface area contributed by atoms with Crippen molar-refractivity contribution in [3.63, 3.8) is 0 Å². The van der Waals surface area contributed by atoms with Crippen LogP contribution in [-0.4, -0.2) is 14.8 Å². The fraction of sp³-hybridized carbons (Fsp3) is 0.333. The second-order valence-electron chi connectivity index (χ2n) is 4.04. The number of aromatic nitrogens is 3. The van der Waals surface area contributed by atoms with Crippen molar-refractivity contribution >= 4 is 15.9 Å². The second kappa shape index (κ2) is 4.01. The number of hydrogen-bond donors (Lipinski definition) is 0.